The molecule has 0 bridgehead atoms. The van der Waals surface area contributed by atoms with Gasteiger partial charge in [0.25, 0.3) is 5.91 Å². The number of aromatic nitrogens is 1. The third-order valence-electron chi connectivity index (χ3n) is 7.65. The SMILES string of the molecule is CCS(=O)(=O)N1CCC(c2c[nH]c3c(C(N)=O)cc(-c4csc(CNC5CCCC5)c4)cc23)CC1. The summed E-state index contributed by atoms with van der Waals surface area (Å²) >= 11 is 1.74. The minimum Gasteiger partial charge on any atom is -0.366 e. The van der Waals surface area contributed by atoms with Crippen LogP contribution in [0.1, 0.15) is 72.2 Å². The Morgan fingerprint density at radius 1 is 1.14 bits per heavy atom. The van der Waals surface area contributed by atoms with Gasteiger partial charge in [0.15, 0.2) is 0 Å². The highest BCUT2D eigenvalue weighted by atomic mass is 32.2. The second kappa shape index (κ2) is 10.0. The van der Waals surface area contributed by atoms with Crippen molar-refractivity contribution >= 4 is 38.2 Å². The van der Waals surface area contributed by atoms with E-state index in [-0.39, 0.29) is 11.7 Å². The van der Waals surface area contributed by atoms with E-state index >= 15 is 0 Å². The van der Waals surface area contributed by atoms with Crippen molar-refractivity contribution in [3.05, 3.63) is 45.8 Å². The van der Waals surface area contributed by atoms with Crippen LogP contribution in [0.2, 0.25) is 0 Å². The molecule has 2 aromatic heterocycles. The highest BCUT2D eigenvalue weighted by molar-refractivity contribution is 7.89. The molecule has 1 aliphatic heterocycles. The van der Waals surface area contributed by atoms with Crippen LogP contribution in [0.15, 0.2) is 29.8 Å². The molecule has 7 nitrogen and oxygen atoms in total. The van der Waals surface area contributed by atoms with Gasteiger partial charge in [0, 0.05) is 42.1 Å². The largest absolute Gasteiger partial charge is 0.366 e. The molecule has 0 radical (unpaired) electrons. The number of nitrogens with two attached hydrogens (primary N) is 1. The zero-order valence-corrected chi connectivity index (χ0v) is 21.8. The maximum atomic E-state index is 12.3. The summed E-state index contributed by atoms with van der Waals surface area (Å²) in [7, 11) is -3.16. The first-order valence-corrected chi connectivity index (χ1v) is 15.1. The van der Waals surface area contributed by atoms with Gasteiger partial charge in [-0.05, 0) is 78.8 Å². The van der Waals surface area contributed by atoms with Gasteiger partial charge in [-0.15, -0.1) is 11.3 Å². The summed E-state index contributed by atoms with van der Waals surface area (Å²) in [6, 6.07) is 6.87. The zero-order chi connectivity index (χ0) is 24.6. The molecule has 2 aliphatic rings. The molecule has 0 unspecified atom stereocenters. The van der Waals surface area contributed by atoms with Crippen molar-refractivity contribution in [1.82, 2.24) is 14.6 Å². The molecule has 4 N–H and O–H groups in total. The molecule has 3 aromatic rings. The second-order valence-corrected chi connectivity index (χ2v) is 13.0. The van der Waals surface area contributed by atoms with Gasteiger partial charge in [-0.1, -0.05) is 12.8 Å². The number of nitrogens with zero attached hydrogens (tertiary/aromatic N) is 1. The van der Waals surface area contributed by atoms with Gasteiger partial charge in [-0.25, -0.2) is 12.7 Å². The summed E-state index contributed by atoms with van der Waals surface area (Å²) in [5.41, 5.74) is 10.3. The number of carbonyl (C=O) groups excluding carboxylic acids is 1. The Kier molecular flexibility index (Phi) is 7.03. The Bertz CT molecular complexity index is 1310. The van der Waals surface area contributed by atoms with E-state index in [0.717, 1.165) is 47.0 Å². The lowest BCUT2D eigenvalue weighted by Crippen LogP contribution is -2.38. The Hall–Kier alpha value is -2.20. The van der Waals surface area contributed by atoms with E-state index in [9.17, 15) is 13.2 Å². The first kappa shape index (κ1) is 24.5. The first-order chi connectivity index (χ1) is 16.9. The molecule has 3 heterocycles. The Labute approximate surface area is 211 Å². The fourth-order valence-electron chi connectivity index (χ4n) is 5.58. The van der Waals surface area contributed by atoms with Crippen LogP contribution in [0, 0.1) is 0 Å². The van der Waals surface area contributed by atoms with Gasteiger partial charge in [0.1, 0.15) is 0 Å². The molecule has 5 rings (SSSR count). The molecule has 2 fully saturated rings. The fourth-order valence-corrected chi connectivity index (χ4v) is 7.56. The molecule has 1 aliphatic carbocycles. The Morgan fingerprint density at radius 3 is 2.57 bits per heavy atom. The van der Waals surface area contributed by atoms with Crippen LogP contribution in [0.25, 0.3) is 22.0 Å². The third-order valence-corrected chi connectivity index (χ3v) is 10.5. The van der Waals surface area contributed by atoms with Crippen molar-refractivity contribution in [1.29, 1.82) is 0 Å². The van der Waals surface area contributed by atoms with Crippen LogP contribution in [-0.4, -0.2) is 48.5 Å². The lowest BCUT2D eigenvalue weighted by molar-refractivity contribution is 0.100. The average molecular weight is 515 g/mol. The van der Waals surface area contributed by atoms with Crippen molar-refractivity contribution in [2.24, 2.45) is 5.73 Å². The average Bonchev–Trinajstić information content (AvgIpc) is 3.63. The molecule has 1 amide bonds. The zero-order valence-electron chi connectivity index (χ0n) is 20.2. The number of rotatable bonds is 8. The van der Waals surface area contributed by atoms with Gasteiger partial charge in [-0.2, -0.15) is 0 Å². The number of hydrogen-bond donors (Lipinski definition) is 3. The molecule has 35 heavy (non-hydrogen) atoms. The number of aromatic amines is 1. The number of carbonyl (C=O) groups is 1. The lowest BCUT2D eigenvalue weighted by atomic mass is 9.88. The summed E-state index contributed by atoms with van der Waals surface area (Å²) in [5.74, 6) is -0.0846. The maximum absolute atomic E-state index is 12.3. The number of nitrogens with one attached hydrogen (secondary N) is 2. The van der Waals surface area contributed by atoms with Crippen LogP contribution < -0.4 is 11.1 Å². The van der Waals surface area contributed by atoms with Crippen molar-refractivity contribution in [2.45, 2.75) is 64.0 Å². The van der Waals surface area contributed by atoms with E-state index in [1.54, 1.807) is 22.6 Å². The minimum atomic E-state index is -3.16. The highest BCUT2D eigenvalue weighted by Crippen LogP contribution is 2.38. The number of piperidine rings is 1. The molecule has 0 atom stereocenters. The second-order valence-electron chi connectivity index (χ2n) is 9.79. The topological polar surface area (TPSA) is 108 Å². The number of amides is 1. The molecule has 9 heteroatoms. The number of benzene rings is 1. The number of H-pyrrole nitrogens is 1. The molecule has 1 saturated carbocycles. The van der Waals surface area contributed by atoms with Crippen molar-refractivity contribution < 1.29 is 13.2 Å². The Morgan fingerprint density at radius 2 is 1.89 bits per heavy atom. The van der Waals surface area contributed by atoms with Gasteiger partial charge < -0.3 is 16.0 Å². The summed E-state index contributed by atoms with van der Waals surface area (Å²) in [4.78, 5) is 16.9. The smallest absolute Gasteiger partial charge is 0.250 e. The monoisotopic (exact) mass is 514 g/mol. The number of fused-ring (bicyclic) bond motifs is 1. The Balaban J connectivity index is 1.41. The molecule has 0 spiro atoms. The van der Waals surface area contributed by atoms with Gasteiger partial charge >= 0.3 is 0 Å². The molecule has 188 valence electrons. The maximum Gasteiger partial charge on any atom is 0.250 e. The summed E-state index contributed by atoms with van der Waals surface area (Å²) in [6.45, 7) is 3.61. The van der Waals surface area contributed by atoms with Crippen LogP contribution in [0.3, 0.4) is 0 Å². The fraction of sp³-hybridized carbons (Fsp3) is 0.500. The van der Waals surface area contributed by atoms with Gasteiger partial charge in [-0.3, -0.25) is 4.79 Å². The third kappa shape index (κ3) is 5.05. The number of thiophene rings is 1. The van der Waals surface area contributed by atoms with Crippen LogP contribution in [-0.2, 0) is 16.6 Å². The van der Waals surface area contributed by atoms with E-state index in [1.165, 1.54) is 30.6 Å². The number of sulfonamides is 1. The van der Waals surface area contributed by atoms with Crippen molar-refractivity contribution in [3.8, 4) is 11.1 Å². The highest BCUT2D eigenvalue weighted by Gasteiger charge is 2.29. The predicted molar refractivity (Wildman–Crippen MR) is 142 cm³/mol. The first-order valence-electron chi connectivity index (χ1n) is 12.6. The van der Waals surface area contributed by atoms with Crippen LogP contribution >= 0.6 is 11.3 Å². The molecular weight excluding hydrogens is 480 g/mol. The summed E-state index contributed by atoms with van der Waals surface area (Å²) in [6.07, 6.45) is 8.65. The number of primary amides is 1. The quantitative estimate of drug-likeness (QED) is 0.410. The van der Waals surface area contributed by atoms with E-state index in [1.807, 2.05) is 12.3 Å². The van der Waals surface area contributed by atoms with E-state index in [2.05, 4.69) is 27.8 Å². The number of hydrogen-bond acceptors (Lipinski definition) is 5. The van der Waals surface area contributed by atoms with E-state index in [0.29, 0.717) is 24.7 Å². The molecule has 1 saturated heterocycles. The minimum absolute atomic E-state index is 0.134. The summed E-state index contributed by atoms with van der Waals surface area (Å²) in [5, 5.41) is 6.83. The van der Waals surface area contributed by atoms with E-state index in [4.69, 9.17) is 5.73 Å². The van der Waals surface area contributed by atoms with Gasteiger partial charge in [0.05, 0.1) is 16.8 Å². The predicted octanol–water partition coefficient (Wildman–Crippen LogP) is 4.56. The molecular formula is C26H34N4O3S2. The van der Waals surface area contributed by atoms with Crippen molar-refractivity contribution in [3.63, 3.8) is 0 Å². The lowest BCUT2D eigenvalue weighted by Gasteiger charge is -2.31. The normalized spacial score (nSPS) is 18.5. The van der Waals surface area contributed by atoms with Gasteiger partial charge in [0.2, 0.25) is 10.0 Å². The summed E-state index contributed by atoms with van der Waals surface area (Å²) < 4.78 is 26.1. The van der Waals surface area contributed by atoms with Crippen LogP contribution in [0.4, 0.5) is 0 Å². The van der Waals surface area contributed by atoms with Crippen molar-refractivity contribution in [2.75, 3.05) is 18.8 Å². The standard InChI is InChI=1S/C26H34N4O3S2/c1-2-35(32,33)30-9-7-17(8-10-30)24-15-29-25-22(24)12-18(13-23(25)26(27)31)19-11-21(34-16-19)14-28-20-5-3-4-6-20/h11-13,15-17,20,28-29H,2-10,14H2,1H3,(H2,27,31). The van der Waals surface area contributed by atoms with E-state index < -0.39 is 15.9 Å². The van der Waals surface area contributed by atoms with Crippen LogP contribution in [0.5, 0.6) is 0 Å². The molecule has 1 aromatic carbocycles.